The van der Waals surface area contributed by atoms with Gasteiger partial charge >= 0.3 is 5.97 Å². The Morgan fingerprint density at radius 1 is 1.12 bits per heavy atom. The van der Waals surface area contributed by atoms with Crippen LogP contribution in [0.25, 0.3) is 5.57 Å². The molecule has 0 aliphatic carbocycles. The van der Waals surface area contributed by atoms with E-state index in [0.29, 0.717) is 11.1 Å². The van der Waals surface area contributed by atoms with Crippen molar-refractivity contribution in [1.82, 2.24) is 0 Å². The molecule has 26 heavy (non-hydrogen) atoms. The van der Waals surface area contributed by atoms with Crippen LogP contribution >= 0.6 is 0 Å². The van der Waals surface area contributed by atoms with E-state index in [-0.39, 0.29) is 39.9 Å². The summed E-state index contributed by atoms with van der Waals surface area (Å²) in [6.45, 7) is 6.79. The normalized spacial score (nSPS) is 11.3. The first kappa shape index (κ1) is 19.2. The van der Waals surface area contributed by atoms with Crippen molar-refractivity contribution < 1.29 is 29.6 Å². The Kier molecular flexibility index (Phi) is 5.45. The fourth-order valence-electron chi connectivity index (χ4n) is 2.57. The van der Waals surface area contributed by atoms with Crippen LogP contribution in [0.4, 0.5) is 0 Å². The van der Waals surface area contributed by atoms with Crippen LogP contribution < -0.4 is 4.74 Å². The van der Waals surface area contributed by atoms with E-state index in [1.807, 2.05) is 6.92 Å². The van der Waals surface area contributed by atoms with Gasteiger partial charge in [0.05, 0.1) is 7.11 Å². The average Bonchev–Trinajstić information content (AvgIpc) is 2.60. The number of ether oxygens (including phenoxy) is 2. The molecule has 6 heteroatoms. The Morgan fingerprint density at radius 2 is 1.77 bits per heavy atom. The number of allylic oxidation sites excluding steroid dienone is 2. The quantitative estimate of drug-likeness (QED) is 0.700. The summed E-state index contributed by atoms with van der Waals surface area (Å²) in [6, 6.07) is 4.17. The number of aromatic hydroxyl groups is 3. The Hall–Kier alpha value is -3.15. The van der Waals surface area contributed by atoms with E-state index in [0.717, 1.165) is 5.57 Å². The van der Waals surface area contributed by atoms with Crippen LogP contribution in [0.3, 0.4) is 0 Å². The molecular formula is C20H22O6. The standard InChI is InChI=1S/C20H22O6/c1-6-10(2)14-9-15(22)12(4)18(23)19(14)26-16-8-13(21)7-11(3)17(16)20(24)25-5/h6-9,21-23H,1-5H3. The number of rotatable bonds is 4. The zero-order valence-corrected chi connectivity index (χ0v) is 15.4. The Bertz CT molecular complexity index is 896. The molecule has 0 fully saturated rings. The molecular weight excluding hydrogens is 336 g/mol. The predicted molar refractivity (Wildman–Crippen MR) is 98.1 cm³/mol. The third-order valence-electron chi connectivity index (χ3n) is 4.22. The van der Waals surface area contributed by atoms with Crippen molar-refractivity contribution >= 4 is 11.5 Å². The van der Waals surface area contributed by atoms with E-state index in [1.54, 1.807) is 26.8 Å². The summed E-state index contributed by atoms with van der Waals surface area (Å²) in [5.41, 5.74) is 2.06. The first-order valence-corrected chi connectivity index (χ1v) is 7.99. The van der Waals surface area contributed by atoms with Gasteiger partial charge in [-0.05, 0) is 51.0 Å². The first-order chi connectivity index (χ1) is 12.2. The third-order valence-corrected chi connectivity index (χ3v) is 4.22. The molecule has 0 saturated heterocycles. The van der Waals surface area contributed by atoms with E-state index in [2.05, 4.69) is 0 Å². The number of phenolic OH excluding ortho intramolecular Hbond substituents is 3. The van der Waals surface area contributed by atoms with Crippen LogP contribution in [-0.2, 0) is 4.74 Å². The maximum Gasteiger partial charge on any atom is 0.341 e. The number of carbonyl (C=O) groups is 1. The highest BCUT2D eigenvalue weighted by atomic mass is 16.5. The summed E-state index contributed by atoms with van der Waals surface area (Å²) >= 11 is 0. The first-order valence-electron chi connectivity index (χ1n) is 7.99. The molecule has 0 radical (unpaired) electrons. The number of carbonyl (C=O) groups excluding carboxylic acids is 1. The molecule has 0 aliphatic rings. The van der Waals surface area contributed by atoms with Gasteiger partial charge in [0.1, 0.15) is 22.8 Å². The van der Waals surface area contributed by atoms with Gasteiger partial charge in [-0.25, -0.2) is 4.79 Å². The van der Waals surface area contributed by atoms with Crippen LogP contribution in [0, 0.1) is 13.8 Å². The van der Waals surface area contributed by atoms with E-state index < -0.39 is 5.97 Å². The van der Waals surface area contributed by atoms with E-state index in [9.17, 15) is 20.1 Å². The second-order valence-electron chi connectivity index (χ2n) is 5.95. The maximum atomic E-state index is 12.1. The molecule has 0 amide bonds. The van der Waals surface area contributed by atoms with Crippen molar-refractivity contribution in [1.29, 1.82) is 0 Å². The summed E-state index contributed by atoms with van der Waals surface area (Å²) in [7, 11) is 1.25. The van der Waals surface area contributed by atoms with Gasteiger partial charge in [0.25, 0.3) is 0 Å². The number of benzene rings is 2. The molecule has 0 aliphatic heterocycles. The van der Waals surface area contributed by atoms with Crippen LogP contribution in [-0.4, -0.2) is 28.4 Å². The molecule has 0 atom stereocenters. The van der Waals surface area contributed by atoms with E-state index in [1.165, 1.54) is 25.3 Å². The largest absolute Gasteiger partial charge is 0.508 e. The smallest absolute Gasteiger partial charge is 0.341 e. The van der Waals surface area contributed by atoms with Gasteiger partial charge in [0.15, 0.2) is 11.5 Å². The molecule has 0 unspecified atom stereocenters. The molecule has 2 aromatic carbocycles. The third kappa shape index (κ3) is 3.44. The minimum atomic E-state index is -0.628. The van der Waals surface area contributed by atoms with Crippen molar-refractivity contribution in [2.24, 2.45) is 0 Å². The summed E-state index contributed by atoms with van der Waals surface area (Å²) < 4.78 is 10.6. The van der Waals surface area contributed by atoms with Gasteiger partial charge in [-0.1, -0.05) is 6.08 Å². The zero-order chi connectivity index (χ0) is 19.6. The molecule has 0 heterocycles. The molecule has 2 aromatic rings. The van der Waals surface area contributed by atoms with Gasteiger partial charge in [-0.2, -0.15) is 0 Å². The lowest BCUT2D eigenvalue weighted by molar-refractivity contribution is 0.0597. The summed E-state index contributed by atoms with van der Waals surface area (Å²) in [5.74, 6) is -0.934. The molecule has 0 saturated carbocycles. The Labute approximate surface area is 151 Å². The number of hydrogen-bond donors (Lipinski definition) is 3. The zero-order valence-electron chi connectivity index (χ0n) is 15.4. The van der Waals surface area contributed by atoms with E-state index >= 15 is 0 Å². The number of phenols is 3. The SMILES string of the molecule is CC=C(C)c1cc(O)c(C)c(O)c1Oc1cc(O)cc(C)c1C(=O)OC. The molecule has 0 aromatic heterocycles. The Balaban J connectivity index is 2.73. The number of methoxy groups -OCH3 is 1. The lowest BCUT2D eigenvalue weighted by atomic mass is 10.0. The van der Waals surface area contributed by atoms with Crippen molar-refractivity contribution in [3.05, 3.63) is 46.5 Å². The number of hydrogen-bond acceptors (Lipinski definition) is 6. The minimum absolute atomic E-state index is 0.0416. The molecule has 0 bridgehead atoms. The van der Waals surface area contributed by atoms with Crippen LogP contribution in [0.2, 0.25) is 0 Å². The van der Waals surface area contributed by atoms with Crippen molar-refractivity contribution in [3.63, 3.8) is 0 Å². The highest BCUT2D eigenvalue weighted by molar-refractivity contribution is 5.94. The van der Waals surface area contributed by atoms with Gasteiger partial charge in [-0.3, -0.25) is 0 Å². The highest BCUT2D eigenvalue weighted by Gasteiger charge is 2.23. The fraction of sp³-hybridized carbons (Fsp3) is 0.250. The second-order valence-corrected chi connectivity index (χ2v) is 5.95. The number of esters is 1. The van der Waals surface area contributed by atoms with Crippen LogP contribution in [0.5, 0.6) is 28.7 Å². The van der Waals surface area contributed by atoms with Crippen molar-refractivity contribution in [2.75, 3.05) is 7.11 Å². The van der Waals surface area contributed by atoms with Crippen LogP contribution in [0.1, 0.15) is 40.9 Å². The average molecular weight is 358 g/mol. The van der Waals surface area contributed by atoms with Crippen molar-refractivity contribution in [3.8, 4) is 28.7 Å². The van der Waals surface area contributed by atoms with Crippen LogP contribution in [0.15, 0.2) is 24.3 Å². The molecule has 3 N–H and O–H groups in total. The number of aryl methyl sites for hydroxylation is 1. The fourth-order valence-corrected chi connectivity index (χ4v) is 2.57. The summed E-state index contributed by atoms with van der Waals surface area (Å²) in [4.78, 5) is 12.1. The van der Waals surface area contributed by atoms with Gasteiger partial charge in [0, 0.05) is 17.2 Å². The topological polar surface area (TPSA) is 96.2 Å². The Morgan fingerprint density at radius 3 is 2.35 bits per heavy atom. The van der Waals surface area contributed by atoms with Gasteiger partial charge in [-0.15, -0.1) is 0 Å². The summed E-state index contributed by atoms with van der Waals surface area (Å²) in [6.07, 6.45) is 1.80. The molecule has 2 rings (SSSR count). The molecule has 138 valence electrons. The van der Waals surface area contributed by atoms with E-state index in [4.69, 9.17) is 9.47 Å². The molecule has 6 nitrogen and oxygen atoms in total. The highest BCUT2D eigenvalue weighted by Crippen LogP contribution is 2.45. The predicted octanol–water partition coefficient (Wildman–Crippen LogP) is 4.42. The second kappa shape index (κ2) is 7.39. The lowest BCUT2D eigenvalue weighted by Gasteiger charge is -2.18. The lowest BCUT2D eigenvalue weighted by Crippen LogP contribution is -2.07. The summed E-state index contributed by atoms with van der Waals surface area (Å²) in [5, 5.41) is 30.4. The minimum Gasteiger partial charge on any atom is -0.508 e. The monoisotopic (exact) mass is 358 g/mol. The van der Waals surface area contributed by atoms with Gasteiger partial charge in [0.2, 0.25) is 0 Å². The molecule has 0 spiro atoms. The maximum absolute atomic E-state index is 12.1. The van der Waals surface area contributed by atoms with Gasteiger partial charge < -0.3 is 24.8 Å². The van der Waals surface area contributed by atoms with Crippen molar-refractivity contribution in [2.45, 2.75) is 27.7 Å².